The Bertz CT molecular complexity index is 655. The molecule has 0 aliphatic heterocycles. The average molecular weight is 308 g/mol. The SMILES string of the molecule is O=C(NCC1CCCC(O)C1)c1c(Cl)nc2ccccn12. The fourth-order valence-electron chi connectivity index (χ4n) is 2.94. The Morgan fingerprint density at radius 1 is 1.48 bits per heavy atom. The third kappa shape index (κ3) is 3.04. The van der Waals surface area contributed by atoms with Gasteiger partial charge in [-0.05, 0) is 37.3 Å². The van der Waals surface area contributed by atoms with Crippen molar-refractivity contribution in [2.75, 3.05) is 6.54 Å². The first-order chi connectivity index (χ1) is 10.1. The van der Waals surface area contributed by atoms with Crippen molar-refractivity contribution >= 4 is 23.2 Å². The molecule has 1 amide bonds. The summed E-state index contributed by atoms with van der Waals surface area (Å²) in [5.41, 5.74) is 1.02. The third-order valence-electron chi connectivity index (χ3n) is 4.01. The van der Waals surface area contributed by atoms with E-state index in [-0.39, 0.29) is 17.2 Å². The normalized spacial score (nSPS) is 22.4. The number of halogens is 1. The highest BCUT2D eigenvalue weighted by Crippen LogP contribution is 2.24. The zero-order valence-electron chi connectivity index (χ0n) is 11.6. The second-order valence-electron chi connectivity index (χ2n) is 5.58. The predicted molar refractivity (Wildman–Crippen MR) is 80.5 cm³/mol. The standard InChI is InChI=1S/C15H18ClN3O2/c16-14-13(19-7-2-1-6-12(19)18-14)15(21)17-9-10-4-3-5-11(20)8-10/h1-2,6-7,10-11,20H,3-5,8-9H2,(H,17,21). The summed E-state index contributed by atoms with van der Waals surface area (Å²) in [6.45, 7) is 0.562. The molecule has 0 aromatic carbocycles. The Morgan fingerprint density at radius 3 is 3.14 bits per heavy atom. The Hall–Kier alpha value is -1.59. The van der Waals surface area contributed by atoms with Gasteiger partial charge in [-0.1, -0.05) is 24.1 Å². The van der Waals surface area contributed by atoms with Crippen LogP contribution in [0.25, 0.3) is 5.65 Å². The second-order valence-corrected chi connectivity index (χ2v) is 5.93. The maximum absolute atomic E-state index is 12.3. The van der Waals surface area contributed by atoms with E-state index in [2.05, 4.69) is 10.3 Å². The number of hydrogen-bond acceptors (Lipinski definition) is 3. The van der Waals surface area contributed by atoms with Crippen LogP contribution in [0, 0.1) is 5.92 Å². The van der Waals surface area contributed by atoms with Crippen molar-refractivity contribution in [2.45, 2.75) is 31.8 Å². The molecule has 2 aromatic heterocycles. The maximum atomic E-state index is 12.3. The molecule has 1 fully saturated rings. The van der Waals surface area contributed by atoms with Crippen LogP contribution in [0.2, 0.25) is 5.15 Å². The monoisotopic (exact) mass is 307 g/mol. The molecule has 2 aromatic rings. The molecule has 1 aliphatic carbocycles. The molecule has 6 heteroatoms. The van der Waals surface area contributed by atoms with E-state index in [4.69, 9.17) is 11.6 Å². The zero-order valence-corrected chi connectivity index (χ0v) is 12.4. The molecular weight excluding hydrogens is 290 g/mol. The number of nitrogens with zero attached hydrogens (tertiary/aromatic N) is 2. The summed E-state index contributed by atoms with van der Waals surface area (Å²) in [6, 6.07) is 5.49. The van der Waals surface area contributed by atoms with E-state index >= 15 is 0 Å². The van der Waals surface area contributed by atoms with Gasteiger partial charge in [-0.15, -0.1) is 0 Å². The molecule has 0 saturated heterocycles. The van der Waals surface area contributed by atoms with Gasteiger partial charge in [-0.3, -0.25) is 9.20 Å². The smallest absolute Gasteiger partial charge is 0.271 e. The van der Waals surface area contributed by atoms with E-state index in [1.54, 1.807) is 16.7 Å². The van der Waals surface area contributed by atoms with Crippen LogP contribution in [0.1, 0.15) is 36.2 Å². The van der Waals surface area contributed by atoms with Crippen LogP contribution < -0.4 is 5.32 Å². The van der Waals surface area contributed by atoms with E-state index in [9.17, 15) is 9.90 Å². The van der Waals surface area contributed by atoms with Gasteiger partial charge in [0, 0.05) is 12.7 Å². The molecule has 21 heavy (non-hydrogen) atoms. The largest absolute Gasteiger partial charge is 0.393 e. The van der Waals surface area contributed by atoms with Crippen molar-refractivity contribution < 1.29 is 9.90 Å². The topological polar surface area (TPSA) is 66.6 Å². The van der Waals surface area contributed by atoms with E-state index in [0.717, 1.165) is 25.7 Å². The molecule has 0 radical (unpaired) electrons. The molecular formula is C15H18ClN3O2. The summed E-state index contributed by atoms with van der Waals surface area (Å²) in [5.74, 6) is 0.106. The highest BCUT2D eigenvalue weighted by molar-refractivity contribution is 6.32. The van der Waals surface area contributed by atoms with Crippen LogP contribution in [-0.2, 0) is 0 Å². The summed E-state index contributed by atoms with van der Waals surface area (Å²) >= 11 is 6.07. The second kappa shape index (κ2) is 6.03. The van der Waals surface area contributed by atoms with Crippen LogP contribution in [0.4, 0.5) is 0 Å². The fourth-order valence-corrected chi connectivity index (χ4v) is 3.20. The van der Waals surface area contributed by atoms with Crippen LogP contribution in [0.15, 0.2) is 24.4 Å². The van der Waals surface area contributed by atoms with Crippen molar-refractivity contribution in [3.05, 3.63) is 35.2 Å². The minimum absolute atomic E-state index is 0.211. The number of aromatic nitrogens is 2. The highest BCUT2D eigenvalue weighted by atomic mass is 35.5. The van der Waals surface area contributed by atoms with Crippen molar-refractivity contribution in [2.24, 2.45) is 5.92 Å². The van der Waals surface area contributed by atoms with Gasteiger partial charge in [-0.2, -0.15) is 0 Å². The minimum Gasteiger partial charge on any atom is -0.393 e. The summed E-state index contributed by atoms with van der Waals surface area (Å²) in [4.78, 5) is 16.5. The number of aliphatic hydroxyl groups is 1. The molecule has 2 unspecified atom stereocenters. The zero-order chi connectivity index (χ0) is 14.8. The number of carbonyl (C=O) groups is 1. The number of carbonyl (C=O) groups excluding carboxylic acids is 1. The van der Waals surface area contributed by atoms with Crippen LogP contribution >= 0.6 is 11.6 Å². The summed E-state index contributed by atoms with van der Waals surface area (Å²) < 4.78 is 1.69. The number of aliphatic hydroxyl groups excluding tert-OH is 1. The van der Waals surface area contributed by atoms with Gasteiger partial charge in [0.05, 0.1) is 6.10 Å². The van der Waals surface area contributed by atoms with Gasteiger partial charge in [0.1, 0.15) is 5.65 Å². The number of pyridine rings is 1. The van der Waals surface area contributed by atoms with Crippen molar-refractivity contribution in [3.63, 3.8) is 0 Å². The number of hydrogen-bond donors (Lipinski definition) is 2. The van der Waals surface area contributed by atoms with Gasteiger partial charge in [0.15, 0.2) is 10.8 Å². The number of imidazole rings is 1. The molecule has 2 heterocycles. The Labute approximate surface area is 127 Å². The maximum Gasteiger partial charge on any atom is 0.271 e. The quantitative estimate of drug-likeness (QED) is 0.914. The van der Waals surface area contributed by atoms with Gasteiger partial charge in [0.25, 0.3) is 5.91 Å². The average Bonchev–Trinajstić information content (AvgIpc) is 2.81. The number of nitrogens with one attached hydrogen (secondary N) is 1. The molecule has 2 N–H and O–H groups in total. The highest BCUT2D eigenvalue weighted by Gasteiger charge is 2.22. The van der Waals surface area contributed by atoms with Crippen LogP contribution in [0.3, 0.4) is 0 Å². The van der Waals surface area contributed by atoms with Crippen LogP contribution in [-0.4, -0.2) is 33.0 Å². The number of rotatable bonds is 3. The van der Waals surface area contributed by atoms with Crippen molar-refractivity contribution in [3.8, 4) is 0 Å². The Kier molecular flexibility index (Phi) is 4.12. The van der Waals surface area contributed by atoms with Gasteiger partial charge in [-0.25, -0.2) is 4.98 Å². The molecule has 1 aliphatic rings. The predicted octanol–water partition coefficient (Wildman–Crippen LogP) is 2.27. The summed E-state index contributed by atoms with van der Waals surface area (Å²) in [5, 5.41) is 12.8. The lowest BCUT2D eigenvalue weighted by Gasteiger charge is -2.25. The Morgan fingerprint density at radius 2 is 2.33 bits per heavy atom. The lowest BCUT2D eigenvalue weighted by atomic mass is 9.87. The number of amides is 1. The molecule has 0 spiro atoms. The van der Waals surface area contributed by atoms with Crippen molar-refractivity contribution in [1.82, 2.24) is 14.7 Å². The van der Waals surface area contributed by atoms with Crippen molar-refractivity contribution in [1.29, 1.82) is 0 Å². The molecule has 5 nitrogen and oxygen atoms in total. The minimum atomic E-state index is -0.236. The summed E-state index contributed by atoms with van der Waals surface area (Å²) in [7, 11) is 0. The fraction of sp³-hybridized carbons (Fsp3) is 0.467. The van der Waals surface area contributed by atoms with Crippen LogP contribution in [0.5, 0.6) is 0 Å². The van der Waals surface area contributed by atoms with E-state index in [1.165, 1.54) is 0 Å². The van der Waals surface area contributed by atoms with E-state index < -0.39 is 0 Å². The van der Waals surface area contributed by atoms with Gasteiger partial charge >= 0.3 is 0 Å². The lowest BCUT2D eigenvalue weighted by molar-refractivity contribution is 0.0869. The first-order valence-electron chi connectivity index (χ1n) is 7.24. The Balaban J connectivity index is 1.71. The first-order valence-corrected chi connectivity index (χ1v) is 7.62. The summed E-state index contributed by atoms with van der Waals surface area (Å²) in [6.07, 6.45) is 5.20. The molecule has 0 bridgehead atoms. The first kappa shape index (κ1) is 14.4. The molecule has 1 saturated carbocycles. The third-order valence-corrected chi connectivity index (χ3v) is 4.27. The molecule has 112 valence electrons. The molecule has 2 atom stereocenters. The van der Waals surface area contributed by atoms with E-state index in [1.807, 2.05) is 12.1 Å². The number of fused-ring (bicyclic) bond motifs is 1. The van der Waals surface area contributed by atoms with Gasteiger partial charge < -0.3 is 10.4 Å². The van der Waals surface area contributed by atoms with E-state index in [0.29, 0.717) is 23.8 Å². The lowest BCUT2D eigenvalue weighted by Crippen LogP contribution is -2.33. The molecule has 3 rings (SSSR count). The van der Waals surface area contributed by atoms with Gasteiger partial charge in [0.2, 0.25) is 0 Å².